The number of aliphatic hydroxyl groups excluding tert-OH is 7. The van der Waals surface area contributed by atoms with E-state index in [0.717, 1.165) is 71.9 Å². The molecule has 35 heteroatoms. The average molecular weight is 1350 g/mol. The molecule has 5 heterocycles. The van der Waals surface area contributed by atoms with Crippen LogP contribution in [0.25, 0.3) is 26.8 Å². The summed E-state index contributed by atoms with van der Waals surface area (Å²) < 4.78 is 16.6. The van der Waals surface area contributed by atoms with Crippen molar-refractivity contribution in [3.8, 4) is 39.1 Å². The number of hydrogen-bond acceptors (Lipinski definition) is 25. The zero-order valence-electron chi connectivity index (χ0n) is 50.8. The number of primary amides is 1. The van der Waals surface area contributed by atoms with E-state index >= 15 is 0 Å². The first-order valence-electron chi connectivity index (χ1n) is 29.4. The van der Waals surface area contributed by atoms with Crippen LogP contribution < -0.4 is 76.1 Å². The molecule has 3 fully saturated rings. The van der Waals surface area contributed by atoms with E-state index in [-0.39, 0.29) is 53.0 Å². The predicted octanol–water partition coefficient (Wildman–Crippen LogP) is -5.73. The van der Waals surface area contributed by atoms with E-state index in [1.165, 1.54) is 30.4 Å². The Hall–Kier alpha value is -7.13. The molecule has 498 valence electrons. The standard InChI is InChI=1S/C58H73N11O21S2.Na/c1-4-5-6-7-18-87-35-15-12-29(13-16-35)37-26-69-58(62-37)91-55(66-69)31-10-8-30(9-11-31)50(79)61-36-20-33(71)23-60-54(83)46-47(76)27(2)24-68(46)57(85)44(40(74)22-42(59)75)64-53(82)45(49(78)48(77)32-14-17-39(73)41(19-32)88-92-90-89-86)65-52(81)38-21-34(72)25-67(38)56(84)43(28(3)70)63-51(36)80;/h8-17,19,26-28,33-34,36,38,40,43-49,70-74,76-78,86H,4-7,18,20-25H2,1-3H3,(H2,59,75)(H,60,83)(H,61,79)(H,63,80)(H,64,82)(H,65,81);/q;+1/p-1. The number of nitrogens with zero attached hydrogens (tertiary/aromatic N) is 5. The van der Waals surface area contributed by atoms with Gasteiger partial charge >= 0.3 is 29.6 Å². The van der Waals surface area contributed by atoms with Crippen molar-refractivity contribution in [2.45, 2.75) is 145 Å². The van der Waals surface area contributed by atoms with Crippen LogP contribution in [0.15, 0.2) is 72.9 Å². The molecule has 0 aliphatic carbocycles. The molecule has 8 rings (SSSR count). The Morgan fingerprint density at radius 2 is 1.51 bits per heavy atom. The van der Waals surface area contributed by atoms with Crippen molar-refractivity contribution in [3.05, 3.63) is 84.1 Å². The molecule has 14 atom stereocenters. The maximum absolute atomic E-state index is 14.7. The van der Waals surface area contributed by atoms with Gasteiger partial charge in [0, 0.05) is 55.1 Å². The largest absolute Gasteiger partial charge is 1.00 e. The van der Waals surface area contributed by atoms with Crippen LogP contribution in [-0.2, 0) is 42.9 Å². The number of aromatic nitrogens is 3. The molecule has 14 unspecified atom stereocenters. The summed E-state index contributed by atoms with van der Waals surface area (Å²) in [5.74, 6) is -11.3. The van der Waals surface area contributed by atoms with Gasteiger partial charge in [-0.1, -0.05) is 62.6 Å². The third-order valence-corrected chi connectivity index (χ3v) is 17.1. The van der Waals surface area contributed by atoms with Crippen molar-refractivity contribution in [1.29, 1.82) is 0 Å². The number of carbonyl (C=O) groups excluding carboxylic acids is 8. The van der Waals surface area contributed by atoms with Gasteiger partial charge in [-0.15, -0.1) is 4.33 Å². The molecule has 2 aromatic heterocycles. The van der Waals surface area contributed by atoms with Crippen molar-refractivity contribution < 1.29 is 132 Å². The quantitative estimate of drug-likeness (QED) is 0.0107. The number of phenols is 1. The maximum atomic E-state index is 14.7. The normalized spacial score (nSPS) is 24.8. The number of imidazole rings is 1. The Morgan fingerprint density at radius 1 is 0.828 bits per heavy atom. The van der Waals surface area contributed by atoms with Gasteiger partial charge in [0.2, 0.25) is 46.3 Å². The van der Waals surface area contributed by atoms with E-state index in [1.807, 2.05) is 24.3 Å². The molecule has 15 N–H and O–H groups in total. The summed E-state index contributed by atoms with van der Waals surface area (Å²) in [7, 11) is 0. The van der Waals surface area contributed by atoms with Crippen LogP contribution in [0.5, 0.6) is 17.2 Å². The van der Waals surface area contributed by atoms with Crippen molar-refractivity contribution in [2.75, 3.05) is 26.2 Å². The number of nitrogens with two attached hydrogens (primary N) is 1. The number of rotatable bonds is 21. The maximum Gasteiger partial charge on any atom is 1.00 e. The van der Waals surface area contributed by atoms with E-state index in [2.05, 4.69) is 48.0 Å². The van der Waals surface area contributed by atoms with Crippen LogP contribution in [-0.4, -0.2) is 212 Å². The number of hydrogen-bond donors (Lipinski definition) is 14. The molecular formula is C58H72N11NaO21S2. The number of phenolic OH excluding ortho intramolecular Hbond substituents is 1. The van der Waals surface area contributed by atoms with Gasteiger partial charge < -0.3 is 97.1 Å². The second-order valence-corrected chi connectivity index (χ2v) is 24.0. The van der Waals surface area contributed by atoms with Gasteiger partial charge in [0.25, 0.3) is 18.2 Å². The first kappa shape index (κ1) is 73.3. The van der Waals surface area contributed by atoms with E-state index in [4.69, 9.17) is 19.6 Å². The first-order chi connectivity index (χ1) is 43.9. The number of β-amino-alcohol motifs (C(OH)–C–C–N with tert-alkyl or cyclic N) is 1. The minimum Gasteiger partial charge on any atom is -0.691 e. The van der Waals surface area contributed by atoms with Crippen LogP contribution in [0.3, 0.4) is 0 Å². The molecule has 0 bridgehead atoms. The molecule has 3 saturated heterocycles. The number of aliphatic hydroxyl groups is 7. The fourth-order valence-corrected chi connectivity index (χ4v) is 12.0. The van der Waals surface area contributed by atoms with Crippen molar-refractivity contribution in [1.82, 2.24) is 51.0 Å². The van der Waals surface area contributed by atoms with Gasteiger partial charge in [0.15, 0.2) is 11.5 Å². The minimum atomic E-state index is -2.54. The first-order valence-corrected chi connectivity index (χ1v) is 30.8. The topological polar surface area (TPSA) is 481 Å². The third-order valence-electron chi connectivity index (χ3n) is 15.8. The summed E-state index contributed by atoms with van der Waals surface area (Å²) in [4.78, 5) is 120. The van der Waals surface area contributed by atoms with E-state index in [1.54, 1.807) is 22.8 Å². The number of aromatic hydroxyl groups is 1. The smallest absolute Gasteiger partial charge is 0.691 e. The number of fused-ring (bicyclic) bond motifs is 3. The van der Waals surface area contributed by atoms with Crippen LogP contribution >= 0.6 is 23.7 Å². The van der Waals surface area contributed by atoms with Crippen molar-refractivity contribution in [3.63, 3.8) is 0 Å². The monoisotopic (exact) mass is 1350 g/mol. The van der Waals surface area contributed by atoms with Crippen molar-refractivity contribution in [2.24, 2.45) is 11.7 Å². The van der Waals surface area contributed by atoms with E-state index in [0.29, 0.717) is 27.8 Å². The molecule has 3 aliphatic rings. The minimum absolute atomic E-state index is 0. The number of ether oxygens (including phenoxy) is 1. The Kier molecular flexibility index (Phi) is 26.2. The second kappa shape index (κ2) is 33.3. The summed E-state index contributed by atoms with van der Waals surface area (Å²) in [5.41, 5.74) is 7.13. The molecule has 8 amide bonds. The number of unbranched alkanes of at least 4 members (excludes halogenated alkanes) is 3. The molecule has 5 aromatic rings. The number of carbonyl (C=O) groups is 8. The number of amides is 8. The summed E-state index contributed by atoms with van der Waals surface area (Å²) in [6.07, 6.45) is -10.1. The SMILES string of the molecule is CCCCCCOc1ccc(-c2cn3nc(-c4ccc(C(=O)NC5CC(O)CNC(=O)C6C(O)C(C)CN6C(=O)C(C(O)CC(N)=O)NC(=O)C(C(O)C(O)c6ccc(O)c(OSOO[O-])c6)NC(=O)C6CC(O)CN6C(=O)C(C(C)O)NC5=O)cc4)sc3n2)cc1.[Na+]. The molecule has 32 nitrogen and oxygen atoms in total. The summed E-state index contributed by atoms with van der Waals surface area (Å²) in [6, 6.07) is 4.18. The van der Waals surface area contributed by atoms with Crippen LogP contribution in [0.4, 0.5) is 0 Å². The Labute approximate surface area is 561 Å². The molecule has 0 spiro atoms. The van der Waals surface area contributed by atoms with Gasteiger partial charge in [0.05, 0.1) is 55.4 Å². The zero-order chi connectivity index (χ0) is 66.7. The third kappa shape index (κ3) is 18.2. The van der Waals surface area contributed by atoms with Crippen LogP contribution in [0.1, 0.15) is 87.7 Å². The van der Waals surface area contributed by atoms with Crippen LogP contribution in [0, 0.1) is 5.92 Å². The zero-order valence-corrected chi connectivity index (χ0v) is 54.4. The summed E-state index contributed by atoms with van der Waals surface area (Å²) in [5, 5.41) is 121. The molecular weight excluding hydrogens is 1270 g/mol. The molecule has 0 saturated carbocycles. The average Bonchev–Trinajstić information content (AvgIpc) is 1.78. The molecule has 0 radical (unpaired) electrons. The van der Waals surface area contributed by atoms with Gasteiger partial charge in [-0.3, -0.25) is 43.4 Å². The van der Waals surface area contributed by atoms with Gasteiger partial charge in [-0.25, -0.2) is 9.50 Å². The van der Waals surface area contributed by atoms with E-state index in [9.17, 15) is 84.5 Å². The summed E-state index contributed by atoms with van der Waals surface area (Å²) in [6.45, 7) is 3.45. The molecule has 3 aromatic carbocycles. The molecule has 93 heavy (non-hydrogen) atoms. The number of benzene rings is 3. The van der Waals surface area contributed by atoms with E-state index < -0.39 is 183 Å². The second-order valence-electron chi connectivity index (χ2n) is 22.6. The van der Waals surface area contributed by atoms with Gasteiger partial charge in [0.1, 0.15) is 59.2 Å². The Bertz CT molecular complexity index is 3410. The summed E-state index contributed by atoms with van der Waals surface area (Å²) >= 11 is 1.19. The van der Waals surface area contributed by atoms with Gasteiger partial charge in [-0.05, 0) is 67.4 Å². The fourth-order valence-electron chi connectivity index (χ4n) is 10.8. The predicted molar refractivity (Wildman–Crippen MR) is 320 cm³/mol. The molecule has 3 aliphatic heterocycles. The van der Waals surface area contributed by atoms with Gasteiger partial charge in [-0.2, -0.15) is 5.10 Å². The fraction of sp³-hybridized carbons (Fsp3) is 0.483. The van der Waals surface area contributed by atoms with Crippen LogP contribution in [0.2, 0.25) is 0 Å². The van der Waals surface area contributed by atoms with Crippen molar-refractivity contribution >= 4 is 75.9 Å². The number of nitrogens with one attached hydrogen (secondary N) is 5. The Balaban J connectivity index is 0.0000123. The Morgan fingerprint density at radius 3 is 2.17 bits per heavy atom.